The highest BCUT2D eigenvalue weighted by Crippen LogP contribution is 2.29. The first kappa shape index (κ1) is 21.3. The van der Waals surface area contributed by atoms with Gasteiger partial charge in [-0.05, 0) is 36.2 Å². The quantitative estimate of drug-likeness (QED) is 0.388. The summed E-state index contributed by atoms with van der Waals surface area (Å²) in [5.41, 5.74) is 1.67. The summed E-state index contributed by atoms with van der Waals surface area (Å²) >= 11 is 23.1. The Kier molecular flexibility index (Phi) is 7.60. The fraction of sp³-hybridized carbons (Fsp3) is 0.500. The molecule has 4 nitrogen and oxygen atoms in total. The van der Waals surface area contributed by atoms with Crippen LogP contribution in [-0.4, -0.2) is 21.0 Å². The van der Waals surface area contributed by atoms with E-state index < -0.39 is 9.96 Å². The zero-order valence-corrected chi connectivity index (χ0v) is 17.1. The van der Waals surface area contributed by atoms with Gasteiger partial charge in [0.25, 0.3) is 0 Å². The normalized spacial score (nSPS) is 13.1. The molecule has 3 N–H and O–H groups in total. The van der Waals surface area contributed by atoms with Crippen LogP contribution in [0.2, 0.25) is 0 Å². The van der Waals surface area contributed by atoms with Crippen LogP contribution in [0.3, 0.4) is 0 Å². The minimum absolute atomic E-state index is 0.178. The Balaban J connectivity index is 2.74. The van der Waals surface area contributed by atoms with Gasteiger partial charge < -0.3 is 16.0 Å². The smallest absolute Gasteiger partial charge is 0.228 e. The molecular weight excluding hydrogens is 389 g/mol. The highest BCUT2D eigenvalue weighted by atomic mass is 35.6. The van der Waals surface area contributed by atoms with Crippen molar-refractivity contribution in [2.24, 2.45) is 5.41 Å². The monoisotopic (exact) mass is 409 g/mol. The predicted octanol–water partition coefficient (Wildman–Crippen LogP) is 4.53. The van der Waals surface area contributed by atoms with Crippen molar-refractivity contribution in [2.75, 3.05) is 5.32 Å². The standard InChI is InChI=1S/C16H22Cl3N3OS/c1-10-7-5-6-8-11(10)20-14(24)22-13(16(17,18)19)21-12(23)9-15(2,3)4/h5-8,13H,9H2,1-4H3,(H,21,23)(H2,20,22,24)/t13-/m0/s1. The Bertz CT molecular complexity index is 597. The van der Waals surface area contributed by atoms with Gasteiger partial charge in [-0.3, -0.25) is 4.79 Å². The second kappa shape index (κ2) is 8.56. The summed E-state index contributed by atoms with van der Waals surface area (Å²) in [6.07, 6.45) is -0.662. The lowest BCUT2D eigenvalue weighted by Crippen LogP contribution is -2.56. The van der Waals surface area contributed by atoms with E-state index in [1.165, 1.54) is 0 Å². The van der Waals surface area contributed by atoms with E-state index in [4.69, 9.17) is 47.0 Å². The Morgan fingerprint density at radius 1 is 1.17 bits per heavy atom. The molecule has 1 aromatic carbocycles. The summed E-state index contributed by atoms with van der Waals surface area (Å²) in [6, 6.07) is 7.64. The first-order chi connectivity index (χ1) is 10.9. The Morgan fingerprint density at radius 2 is 1.75 bits per heavy atom. The minimum atomic E-state index is -1.76. The number of rotatable bonds is 4. The van der Waals surface area contributed by atoms with Crippen molar-refractivity contribution in [3.63, 3.8) is 0 Å². The van der Waals surface area contributed by atoms with Crippen molar-refractivity contribution >= 4 is 63.7 Å². The molecule has 0 heterocycles. The second-order valence-electron chi connectivity index (χ2n) is 6.69. The molecule has 0 saturated heterocycles. The number of carbonyl (C=O) groups is 1. The molecule has 8 heteroatoms. The molecular formula is C16H22Cl3N3OS. The van der Waals surface area contributed by atoms with Crippen LogP contribution in [0.1, 0.15) is 32.8 Å². The van der Waals surface area contributed by atoms with Gasteiger partial charge in [-0.25, -0.2) is 0 Å². The number of nitrogens with one attached hydrogen (secondary N) is 3. The highest BCUT2D eigenvalue weighted by Gasteiger charge is 2.35. The average molecular weight is 411 g/mol. The molecule has 1 rings (SSSR count). The van der Waals surface area contributed by atoms with Gasteiger partial charge in [0.1, 0.15) is 6.17 Å². The first-order valence-corrected chi connectivity index (χ1v) is 8.92. The number of aryl methyl sites for hydroxylation is 1. The molecule has 0 aliphatic carbocycles. The Labute approximate surface area is 163 Å². The summed E-state index contributed by atoms with van der Waals surface area (Å²) < 4.78 is -1.76. The molecule has 1 aromatic rings. The van der Waals surface area contributed by atoms with Crippen LogP contribution in [0.15, 0.2) is 24.3 Å². The number of halogens is 3. The summed E-state index contributed by atoms with van der Waals surface area (Å²) in [4.78, 5) is 12.1. The molecule has 0 fully saturated rings. The molecule has 0 aliphatic heterocycles. The van der Waals surface area contributed by atoms with Crippen LogP contribution in [0, 0.1) is 12.3 Å². The number of anilines is 1. The van der Waals surface area contributed by atoms with E-state index in [1.54, 1.807) is 0 Å². The van der Waals surface area contributed by atoms with Gasteiger partial charge in [0.2, 0.25) is 9.70 Å². The second-order valence-corrected chi connectivity index (χ2v) is 9.47. The van der Waals surface area contributed by atoms with E-state index in [0.29, 0.717) is 6.42 Å². The lowest BCUT2D eigenvalue weighted by molar-refractivity contribution is -0.123. The van der Waals surface area contributed by atoms with Crippen LogP contribution in [0.25, 0.3) is 0 Å². The molecule has 1 atom stereocenters. The molecule has 1 amide bonds. The predicted molar refractivity (Wildman–Crippen MR) is 107 cm³/mol. The van der Waals surface area contributed by atoms with Gasteiger partial charge in [0.05, 0.1) is 0 Å². The molecule has 0 saturated carbocycles. The van der Waals surface area contributed by atoms with Crippen LogP contribution in [0.4, 0.5) is 5.69 Å². The third-order valence-corrected chi connectivity index (χ3v) is 3.87. The number of carbonyl (C=O) groups excluding carboxylic acids is 1. The van der Waals surface area contributed by atoms with Crippen molar-refractivity contribution in [1.29, 1.82) is 0 Å². The van der Waals surface area contributed by atoms with Crippen LogP contribution >= 0.6 is 47.0 Å². The lowest BCUT2D eigenvalue weighted by atomic mass is 9.92. The van der Waals surface area contributed by atoms with Gasteiger partial charge in [0, 0.05) is 12.1 Å². The number of thiocarbonyl (C=S) groups is 1. The molecule has 0 unspecified atom stereocenters. The molecule has 0 bridgehead atoms. The Morgan fingerprint density at radius 3 is 2.25 bits per heavy atom. The van der Waals surface area contributed by atoms with Gasteiger partial charge in [-0.1, -0.05) is 73.8 Å². The molecule has 0 radical (unpaired) electrons. The zero-order chi connectivity index (χ0) is 18.5. The molecule has 0 aromatic heterocycles. The van der Waals surface area contributed by atoms with Crippen molar-refractivity contribution in [2.45, 2.75) is 44.1 Å². The van der Waals surface area contributed by atoms with Gasteiger partial charge in [0.15, 0.2) is 5.11 Å². The lowest BCUT2D eigenvalue weighted by Gasteiger charge is -2.29. The maximum Gasteiger partial charge on any atom is 0.228 e. The zero-order valence-electron chi connectivity index (χ0n) is 14.0. The molecule has 134 valence electrons. The Hall–Kier alpha value is -0.750. The maximum absolute atomic E-state index is 12.1. The van der Waals surface area contributed by atoms with Gasteiger partial charge >= 0.3 is 0 Å². The van der Waals surface area contributed by atoms with Crippen LogP contribution in [-0.2, 0) is 4.79 Å². The van der Waals surface area contributed by atoms with Gasteiger partial charge in [-0.2, -0.15) is 0 Å². The van der Waals surface area contributed by atoms with E-state index in [0.717, 1.165) is 11.3 Å². The minimum Gasteiger partial charge on any atom is -0.339 e. The summed E-state index contributed by atoms with van der Waals surface area (Å²) in [6.45, 7) is 7.81. The van der Waals surface area contributed by atoms with Crippen LogP contribution in [0.5, 0.6) is 0 Å². The third kappa shape index (κ3) is 7.88. The largest absolute Gasteiger partial charge is 0.339 e. The van der Waals surface area contributed by atoms with Crippen molar-refractivity contribution in [3.05, 3.63) is 29.8 Å². The SMILES string of the molecule is Cc1ccccc1NC(=S)N[C@H](NC(=O)CC(C)(C)C)C(Cl)(Cl)Cl. The topological polar surface area (TPSA) is 53.2 Å². The van der Waals surface area contributed by atoms with Crippen molar-refractivity contribution in [3.8, 4) is 0 Å². The third-order valence-electron chi connectivity index (χ3n) is 2.99. The maximum atomic E-state index is 12.1. The molecule has 0 aliphatic rings. The first-order valence-electron chi connectivity index (χ1n) is 7.38. The molecule has 0 spiro atoms. The van der Waals surface area contributed by atoms with E-state index in [2.05, 4.69) is 16.0 Å². The van der Waals surface area contributed by atoms with Crippen LogP contribution < -0.4 is 16.0 Å². The summed E-state index contributed by atoms with van der Waals surface area (Å²) in [5, 5.41) is 8.79. The van der Waals surface area contributed by atoms with Crippen molar-refractivity contribution in [1.82, 2.24) is 10.6 Å². The molecule has 24 heavy (non-hydrogen) atoms. The summed E-state index contributed by atoms with van der Waals surface area (Å²) in [7, 11) is 0. The number of hydrogen-bond donors (Lipinski definition) is 3. The summed E-state index contributed by atoms with van der Waals surface area (Å²) in [5.74, 6) is -0.231. The number of alkyl halides is 3. The fourth-order valence-corrected chi connectivity index (χ4v) is 2.45. The fourth-order valence-electron chi connectivity index (χ4n) is 1.90. The van der Waals surface area contributed by atoms with Gasteiger partial charge in [-0.15, -0.1) is 0 Å². The van der Waals surface area contributed by atoms with E-state index >= 15 is 0 Å². The number of amides is 1. The average Bonchev–Trinajstić information content (AvgIpc) is 2.37. The number of hydrogen-bond acceptors (Lipinski definition) is 2. The van der Waals surface area contributed by atoms with E-state index in [1.807, 2.05) is 52.0 Å². The van der Waals surface area contributed by atoms with E-state index in [-0.39, 0.29) is 16.4 Å². The highest BCUT2D eigenvalue weighted by molar-refractivity contribution is 7.80. The number of para-hydroxylation sites is 1. The van der Waals surface area contributed by atoms with E-state index in [9.17, 15) is 4.79 Å². The van der Waals surface area contributed by atoms with Crippen molar-refractivity contribution < 1.29 is 4.79 Å². The number of benzene rings is 1.